The summed E-state index contributed by atoms with van der Waals surface area (Å²) in [6, 6.07) is 0. The highest BCUT2D eigenvalue weighted by Gasteiger charge is 2.54. The molecule has 182 valence electrons. The van der Waals surface area contributed by atoms with Crippen LogP contribution in [0.3, 0.4) is 0 Å². The third-order valence-corrected chi connectivity index (χ3v) is 13.0. The molecule has 0 bridgehead atoms. The van der Waals surface area contributed by atoms with Crippen LogP contribution in [-0.4, -0.2) is 45.1 Å². The summed E-state index contributed by atoms with van der Waals surface area (Å²) in [5, 5.41) is 11.3. The molecule has 1 N–H and O–H groups in total. The van der Waals surface area contributed by atoms with Gasteiger partial charge >= 0.3 is 0 Å². The molecule has 0 aromatic carbocycles. The van der Waals surface area contributed by atoms with E-state index in [9.17, 15) is 5.11 Å². The third-order valence-electron chi connectivity index (χ3n) is 8.47. The summed E-state index contributed by atoms with van der Waals surface area (Å²) < 4.78 is 17.8. The first-order chi connectivity index (χ1) is 14.1. The van der Waals surface area contributed by atoms with E-state index in [0.717, 1.165) is 32.1 Å². The lowest BCUT2D eigenvalue weighted by atomic mass is 9.62. The second-order valence-electron chi connectivity index (χ2n) is 12.5. The smallest absolute Gasteiger partial charge is 0.192 e. The summed E-state index contributed by atoms with van der Waals surface area (Å²) in [7, 11) is -0.209. The summed E-state index contributed by atoms with van der Waals surface area (Å²) in [5.41, 5.74) is 1.34. The number of fused-ring (bicyclic) bond motifs is 1. The zero-order valence-electron chi connectivity index (χ0n) is 22.0. The number of hydrogen-bond donors (Lipinski definition) is 1. The summed E-state index contributed by atoms with van der Waals surface area (Å²) >= 11 is 0. The van der Waals surface area contributed by atoms with Gasteiger partial charge in [0.25, 0.3) is 0 Å². The summed E-state index contributed by atoms with van der Waals surface area (Å²) in [4.78, 5) is 0. The van der Waals surface area contributed by atoms with Crippen molar-refractivity contribution in [1.82, 2.24) is 0 Å². The summed E-state index contributed by atoms with van der Waals surface area (Å²) in [5.74, 6) is 0.656. The van der Waals surface area contributed by atoms with Crippen molar-refractivity contribution in [3.8, 4) is 0 Å². The van der Waals surface area contributed by atoms with Gasteiger partial charge in [-0.2, -0.15) is 0 Å². The molecule has 0 saturated heterocycles. The molecule has 4 nitrogen and oxygen atoms in total. The summed E-state index contributed by atoms with van der Waals surface area (Å²) in [6.45, 7) is 20.9. The molecule has 1 saturated carbocycles. The Kier molecular flexibility index (Phi) is 8.69. The van der Waals surface area contributed by atoms with Gasteiger partial charge in [0, 0.05) is 13.0 Å². The molecule has 0 spiro atoms. The number of rotatable bonds is 10. The zero-order valence-corrected chi connectivity index (χ0v) is 23.0. The Labute approximate surface area is 193 Å². The van der Waals surface area contributed by atoms with Crippen molar-refractivity contribution < 1.29 is 19.0 Å². The normalized spacial score (nSPS) is 30.8. The van der Waals surface area contributed by atoms with Gasteiger partial charge in [-0.1, -0.05) is 59.1 Å². The average molecular weight is 455 g/mol. The van der Waals surface area contributed by atoms with Crippen LogP contribution in [0.2, 0.25) is 18.1 Å². The SMILES string of the molecule is COCOC(C)(C)CCC[C@@H](C)C1=C[C@H](O)[C@H]2[C@@H](O[Si](C)(C)C(C)(C)C)CCC[C@]12C. The minimum atomic E-state index is -1.88. The van der Waals surface area contributed by atoms with Gasteiger partial charge in [0.05, 0.1) is 17.8 Å². The van der Waals surface area contributed by atoms with Crippen LogP contribution in [0.5, 0.6) is 0 Å². The lowest BCUT2D eigenvalue weighted by Crippen LogP contribution is -2.52. The molecule has 2 aliphatic rings. The second kappa shape index (κ2) is 9.96. The summed E-state index contributed by atoms with van der Waals surface area (Å²) in [6.07, 6.45) is 8.61. The van der Waals surface area contributed by atoms with Gasteiger partial charge in [-0.25, -0.2) is 0 Å². The first-order valence-corrected chi connectivity index (χ1v) is 15.3. The van der Waals surface area contributed by atoms with Crippen molar-refractivity contribution in [1.29, 1.82) is 0 Å². The first kappa shape index (κ1) is 27.0. The van der Waals surface area contributed by atoms with Gasteiger partial charge in [-0.15, -0.1) is 0 Å². The molecule has 0 aromatic rings. The van der Waals surface area contributed by atoms with E-state index < -0.39 is 8.32 Å². The van der Waals surface area contributed by atoms with Crippen molar-refractivity contribution >= 4 is 8.32 Å². The van der Waals surface area contributed by atoms with E-state index in [4.69, 9.17) is 13.9 Å². The van der Waals surface area contributed by atoms with Gasteiger partial charge < -0.3 is 19.0 Å². The second-order valence-corrected chi connectivity index (χ2v) is 17.2. The van der Waals surface area contributed by atoms with Gasteiger partial charge in [0.1, 0.15) is 6.79 Å². The zero-order chi connectivity index (χ0) is 23.7. The van der Waals surface area contributed by atoms with E-state index in [1.54, 1.807) is 7.11 Å². The van der Waals surface area contributed by atoms with E-state index >= 15 is 0 Å². The lowest BCUT2D eigenvalue weighted by Gasteiger charge is -2.49. The molecular formula is C26H50O4Si. The minimum Gasteiger partial charge on any atom is -0.414 e. The fourth-order valence-corrected chi connectivity index (χ4v) is 6.91. The van der Waals surface area contributed by atoms with Crippen LogP contribution >= 0.6 is 0 Å². The first-order valence-electron chi connectivity index (χ1n) is 12.4. The Hall–Kier alpha value is -0.203. The number of ether oxygens (including phenoxy) is 2. The molecule has 0 heterocycles. The Morgan fingerprint density at radius 3 is 2.45 bits per heavy atom. The molecule has 0 aliphatic heterocycles. The van der Waals surface area contributed by atoms with Gasteiger partial charge in [-0.05, 0) is 69.0 Å². The standard InChI is InChI=1S/C26H50O4Si/c1-19(13-11-15-25(5,6)29-18-28-8)20-17-21(27)23-22(14-12-16-26(20,23)7)30-31(9,10)24(2,3)4/h17,19,21-23,27H,11-16,18H2,1-10H3/t19-,21+,22+,23+,26-/m1/s1. The topological polar surface area (TPSA) is 47.9 Å². The molecule has 2 rings (SSSR count). The molecular weight excluding hydrogens is 404 g/mol. The van der Waals surface area contributed by atoms with Gasteiger partial charge in [-0.3, -0.25) is 0 Å². The lowest BCUT2D eigenvalue weighted by molar-refractivity contribution is -0.117. The van der Waals surface area contributed by atoms with Gasteiger partial charge in [0.15, 0.2) is 8.32 Å². The van der Waals surface area contributed by atoms with E-state index in [1.807, 2.05) is 0 Å². The largest absolute Gasteiger partial charge is 0.414 e. The molecule has 0 unspecified atom stereocenters. The molecule has 2 aliphatic carbocycles. The van der Waals surface area contributed by atoms with E-state index in [1.165, 1.54) is 12.0 Å². The highest BCUT2D eigenvalue weighted by molar-refractivity contribution is 6.74. The fraction of sp³-hybridized carbons (Fsp3) is 0.923. The Balaban J connectivity index is 2.06. The number of methoxy groups -OCH3 is 1. The molecule has 1 fully saturated rings. The van der Waals surface area contributed by atoms with Crippen LogP contribution < -0.4 is 0 Å². The number of aliphatic hydroxyl groups excluding tert-OH is 1. The number of aliphatic hydroxyl groups is 1. The highest BCUT2D eigenvalue weighted by Crippen LogP contribution is 2.57. The fourth-order valence-electron chi connectivity index (χ4n) is 5.53. The Morgan fingerprint density at radius 2 is 1.87 bits per heavy atom. The predicted octanol–water partition coefficient (Wildman–Crippen LogP) is 6.69. The molecule has 5 atom stereocenters. The maximum atomic E-state index is 11.2. The quantitative estimate of drug-likeness (QED) is 0.227. The van der Waals surface area contributed by atoms with Crippen molar-refractivity contribution in [2.45, 2.75) is 123 Å². The van der Waals surface area contributed by atoms with Crippen LogP contribution in [-0.2, 0) is 13.9 Å². The predicted molar refractivity (Wildman–Crippen MR) is 132 cm³/mol. The van der Waals surface area contributed by atoms with Crippen LogP contribution in [0.1, 0.15) is 87.0 Å². The van der Waals surface area contributed by atoms with Crippen molar-refractivity contribution in [3.63, 3.8) is 0 Å². The van der Waals surface area contributed by atoms with Crippen molar-refractivity contribution in [2.75, 3.05) is 13.9 Å². The molecule has 0 aromatic heterocycles. The number of hydrogen-bond acceptors (Lipinski definition) is 4. The molecule has 31 heavy (non-hydrogen) atoms. The Bertz CT molecular complexity index is 621. The minimum absolute atomic E-state index is 0.0478. The van der Waals surface area contributed by atoms with E-state index in [0.29, 0.717) is 12.7 Å². The van der Waals surface area contributed by atoms with Crippen LogP contribution in [0, 0.1) is 17.3 Å². The highest BCUT2D eigenvalue weighted by atomic mass is 28.4. The maximum absolute atomic E-state index is 11.2. The average Bonchev–Trinajstić information content (AvgIpc) is 2.90. The number of allylic oxidation sites excluding steroid dienone is 1. The molecule has 0 radical (unpaired) electrons. The van der Waals surface area contributed by atoms with E-state index in [-0.39, 0.29) is 34.2 Å². The van der Waals surface area contributed by atoms with Crippen LogP contribution in [0.15, 0.2) is 11.6 Å². The van der Waals surface area contributed by atoms with Crippen molar-refractivity contribution in [3.05, 3.63) is 11.6 Å². The molecule has 5 heteroatoms. The van der Waals surface area contributed by atoms with Crippen molar-refractivity contribution in [2.24, 2.45) is 17.3 Å². The van der Waals surface area contributed by atoms with Crippen LogP contribution in [0.4, 0.5) is 0 Å². The maximum Gasteiger partial charge on any atom is 0.192 e. The van der Waals surface area contributed by atoms with Crippen LogP contribution in [0.25, 0.3) is 0 Å². The third kappa shape index (κ3) is 6.23. The van der Waals surface area contributed by atoms with Gasteiger partial charge in [0.2, 0.25) is 0 Å². The van der Waals surface area contributed by atoms with E-state index in [2.05, 4.69) is 67.6 Å². The Morgan fingerprint density at radius 1 is 1.23 bits per heavy atom. The monoisotopic (exact) mass is 454 g/mol. The molecule has 0 amide bonds.